The van der Waals surface area contributed by atoms with E-state index in [0.29, 0.717) is 0 Å². The van der Waals surface area contributed by atoms with E-state index >= 15 is 0 Å². The van der Waals surface area contributed by atoms with Crippen LogP contribution in [0, 0.1) is 5.82 Å². The van der Waals surface area contributed by atoms with Crippen LogP contribution in [0.1, 0.15) is 18.5 Å². The number of aromatic nitrogens is 1. The third-order valence-corrected chi connectivity index (χ3v) is 6.01. The molecular formula is C19H26Cl3FN4OS. The topological polar surface area (TPSA) is 48.5 Å². The Kier molecular flexibility index (Phi) is 10.8. The Morgan fingerprint density at radius 1 is 1.14 bits per heavy atom. The average Bonchev–Trinajstić information content (AvgIpc) is 3.35. The highest BCUT2D eigenvalue weighted by Crippen LogP contribution is 2.24. The van der Waals surface area contributed by atoms with Crippen molar-refractivity contribution in [3.05, 3.63) is 41.2 Å². The molecule has 2 fully saturated rings. The van der Waals surface area contributed by atoms with Gasteiger partial charge in [-0.15, -0.1) is 48.6 Å². The SMILES string of the molecule is Cl.Cl.Cl.O=C(C1CCCN1)N1CCN(Cc2csc(-c3ccc(F)cc3)n2)CC1. The predicted octanol–water partition coefficient (Wildman–Crippen LogP) is 3.61. The van der Waals surface area contributed by atoms with E-state index in [1.54, 1.807) is 23.5 Å². The van der Waals surface area contributed by atoms with Crippen molar-refractivity contribution in [1.82, 2.24) is 20.1 Å². The van der Waals surface area contributed by atoms with Gasteiger partial charge in [-0.1, -0.05) is 0 Å². The van der Waals surface area contributed by atoms with Gasteiger partial charge in [-0.3, -0.25) is 9.69 Å². The summed E-state index contributed by atoms with van der Waals surface area (Å²) in [5, 5.41) is 6.28. The van der Waals surface area contributed by atoms with E-state index in [1.807, 2.05) is 4.90 Å². The molecule has 2 aliphatic heterocycles. The number of carbonyl (C=O) groups excluding carboxylic acids is 1. The van der Waals surface area contributed by atoms with Crippen molar-refractivity contribution in [3.8, 4) is 10.6 Å². The molecule has 10 heteroatoms. The summed E-state index contributed by atoms with van der Waals surface area (Å²) in [5.74, 6) is 0.0279. The number of hydrogen-bond acceptors (Lipinski definition) is 5. The van der Waals surface area contributed by atoms with E-state index in [9.17, 15) is 9.18 Å². The zero-order valence-electron chi connectivity index (χ0n) is 15.9. The van der Waals surface area contributed by atoms with Crippen molar-refractivity contribution in [2.24, 2.45) is 0 Å². The zero-order valence-corrected chi connectivity index (χ0v) is 19.1. The third-order valence-electron chi connectivity index (χ3n) is 5.07. The Hall–Kier alpha value is -0.960. The molecule has 1 amide bonds. The van der Waals surface area contributed by atoms with Crippen LogP contribution in [0.3, 0.4) is 0 Å². The molecular weight excluding hydrogens is 458 g/mol. The van der Waals surface area contributed by atoms with Crippen molar-refractivity contribution in [2.45, 2.75) is 25.4 Å². The van der Waals surface area contributed by atoms with Gasteiger partial charge in [-0.2, -0.15) is 0 Å². The fourth-order valence-electron chi connectivity index (χ4n) is 3.58. The summed E-state index contributed by atoms with van der Waals surface area (Å²) in [7, 11) is 0. The molecule has 1 N–H and O–H groups in total. The van der Waals surface area contributed by atoms with Crippen molar-refractivity contribution < 1.29 is 9.18 Å². The van der Waals surface area contributed by atoms with Gasteiger partial charge in [0.25, 0.3) is 0 Å². The Balaban J connectivity index is 0.00000140. The first kappa shape index (κ1) is 26.1. The average molecular weight is 484 g/mol. The zero-order chi connectivity index (χ0) is 17.9. The monoisotopic (exact) mass is 482 g/mol. The number of nitrogens with zero attached hydrogens (tertiary/aromatic N) is 3. The molecule has 2 aromatic rings. The van der Waals surface area contributed by atoms with Crippen LogP contribution in [0.5, 0.6) is 0 Å². The van der Waals surface area contributed by atoms with Gasteiger partial charge in [0, 0.05) is 43.7 Å². The van der Waals surface area contributed by atoms with Gasteiger partial charge in [0.2, 0.25) is 5.91 Å². The number of halogens is 4. The van der Waals surface area contributed by atoms with E-state index in [2.05, 4.69) is 20.6 Å². The van der Waals surface area contributed by atoms with Gasteiger partial charge < -0.3 is 10.2 Å². The molecule has 0 aliphatic carbocycles. The lowest BCUT2D eigenvalue weighted by molar-refractivity contribution is -0.134. The summed E-state index contributed by atoms with van der Waals surface area (Å²) in [6.45, 7) is 5.07. The Morgan fingerprint density at radius 3 is 2.45 bits per heavy atom. The summed E-state index contributed by atoms with van der Waals surface area (Å²) in [4.78, 5) is 21.5. The van der Waals surface area contributed by atoms with Crippen molar-refractivity contribution in [1.29, 1.82) is 0 Å². The highest BCUT2D eigenvalue weighted by atomic mass is 35.5. The molecule has 162 valence electrons. The van der Waals surface area contributed by atoms with Crippen LogP contribution < -0.4 is 5.32 Å². The number of benzene rings is 1. The Bertz CT molecular complexity index is 763. The van der Waals surface area contributed by atoms with Gasteiger partial charge >= 0.3 is 0 Å². The molecule has 5 nitrogen and oxygen atoms in total. The summed E-state index contributed by atoms with van der Waals surface area (Å²) in [6.07, 6.45) is 2.06. The molecule has 1 atom stereocenters. The lowest BCUT2D eigenvalue weighted by Crippen LogP contribution is -2.52. The fraction of sp³-hybridized carbons (Fsp3) is 0.474. The second-order valence-corrected chi connectivity index (χ2v) is 7.76. The van der Waals surface area contributed by atoms with E-state index in [1.165, 1.54) is 12.1 Å². The summed E-state index contributed by atoms with van der Waals surface area (Å²) in [5.41, 5.74) is 1.98. The van der Waals surface area contributed by atoms with Crippen molar-refractivity contribution in [3.63, 3.8) is 0 Å². The molecule has 1 unspecified atom stereocenters. The maximum Gasteiger partial charge on any atom is 0.239 e. The second kappa shape index (κ2) is 12.0. The molecule has 3 heterocycles. The predicted molar refractivity (Wildman–Crippen MR) is 122 cm³/mol. The van der Waals surface area contributed by atoms with Crippen LogP contribution >= 0.6 is 48.6 Å². The maximum absolute atomic E-state index is 13.0. The molecule has 0 bridgehead atoms. The quantitative estimate of drug-likeness (QED) is 0.722. The largest absolute Gasteiger partial charge is 0.339 e. The van der Waals surface area contributed by atoms with Crippen LogP contribution in [-0.2, 0) is 11.3 Å². The minimum absolute atomic E-state index is 0. The number of amides is 1. The van der Waals surface area contributed by atoms with Gasteiger partial charge in [-0.05, 0) is 43.7 Å². The van der Waals surface area contributed by atoms with Gasteiger partial charge in [0.15, 0.2) is 0 Å². The summed E-state index contributed by atoms with van der Waals surface area (Å²) in [6, 6.07) is 6.48. The van der Waals surface area contributed by atoms with Gasteiger partial charge in [-0.25, -0.2) is 9.37 Å². The van der Waals surface area contributed by atoms with Crippen LogP contribution in [0.15, 0.2) is 29.6 Å². The fourth-order valence-corrected chi connectivity index (χ4v) is 4.39. The van der Waals surface area contributed by atoms with Gasteiger partial charge in [0.05, 0.1) is 11.7 Å². The molecule has 1 aromatic heterocycles. The number of piperazine rings is 1. The third kappa shape index (κ3) is 6.51. The van der Waals surface area contributed by atoms with Crippen LogP contribution in [-0.4, -0.2) is 59.5 Å². The van der Waals surface area contributed by atoms with Crippen molar-refractivity contribution in [2.75, 3.05) is 32.7 Å². The second-order valence-electron chi connectivity index (χ2n) is 6.90. The molecule has 2 saturated heterocycles. The van der Waals surface area contributed by atoms with Crippen LogP contribution in [0.25, 0.3) is 10.6 Å². The van der Waals surface area contributed by atoms with E-state index in [0.717, 1.165) is 68.4 Å². The minimum Gasteiger partial charge on any atom is -0.339 e. The smallest absolute Gasteiger partial charge is 0.239 e. The van der Waals surface area contributed by atoms with Crippen LogP contribution in [0.4, 0.5) is 4.39 Å². The number of nitrogens with one attached hydrogen (secondary N) is 1. The number of thiazole rings is 1. The van der Waals surface area contributed by atoms with Gasteiger partial charge in [0.1, 0.15) is 10.8 Å². The normalized spacial score (nSPS) is 19.1. The summed E-state index contributed by atoms with van der Waals surface area (Å²) < 4.78 is 13.0. The Labute approximate surface area is 193 Å². The highest BCUT2D eigenvalue weighted by Gasteiger charge is 2.29. The van der Waals surface area contributed by atoms with E-state index < -0.39 is 0 Å². The number of rotatable bonds is 4. The number of hydrogen-bond donors (Lipinski definition) is 1. The first-order valence-electron chi connectivity index (χ1n) is 9.14. The molecule has 2 aliphatic rings. The standard InChI is InChI=1S/C19H23FN4OS.3ClH/c20-15-5-3-14(4-6-15)18-22-16(13-26-18)12-23-8-10-24(11-9-23)19(25)17-2-1-7-21-17;;;/h3-6,13,17,21H,1-2,7-12H2;3*1H. The van der Waals surface area contributed by atoms with E-state index in [4.69, 9.17) is 0 Å². The summed E-state index contributed by atoms with van der Waals surface area (Å²) >= 11 is 1.59. The Morgan fingerprint density at radius 2 is 1.83 bits per heavy atom. The molecule has 29 heavy (non-hydrogen) atoms. The first-order valence-corrected chi connectivity index (χ1v) is 10.0. The maximum atomic E-state index is 13.0. The molecule has 0 spiro atoms. The molecule has 4 rings (SSSR count). The van der Waals surface area contributed by atoms with E-state index in [-0.39, 0.29) is 55.0 Å². The molecule has 0 radical (unpaired) electrons. The lowest BCUT2D eigenvalue weighted by atomic mass is 10.2. The van der Waals surface area contributed by atoms with Crippen LogP contribution in [0.2, 0.25) is 0 Å². The van der Waals surface area contributed by atoms with Crippen molar-refractivity contribution >= 4 is 54.5 Å². The number of carbonyl (C=O) groups is 1. The first-order chi connectivity index (χ1) is 12.7. The lowest BCUT2D eigenvalue weighted by Gasteiger charge is -2.35. The minimum atomic E-state index is -0.231. The molecule has 1 aromatic carbocycles. The molecule has 0 saturated carbocycles. The highest BCUT2D eigenvalue weighted by molar-refractivity contribution is 7.13.